The number of alkyl halides is 2. The van der Waals surface area contributed by atoms with Gasteiger partial charge < -0.3 is 19.5 Å². The fourth-order valence-corrected chi connectivity index (χ4v) is 2.42. The van der Waals surface area contributed by atoms with E-state index in [9.17, 15) is 22.8 Å². The zero-order valence-corrected chi connectivity index (χ0v) is 15.6. The van der Waals surface area contributed by atoms with Gasteiger partial charge in [0, 0.05) is 6.54 Å². The molecule has 0 unspecified atom stereocenters. The van der Waals surface area contributed by atoms with Gasteiger partial charge in [0.15, 0.2) is 18.1 Å². The van der Waals surface area contributed by atoms with E-state index in [1.54, 1.807) is 6.07 Å². The Balaban J connectivity index is 1.72. The lowest BCUT2D eigenvalue weighted by atomic mass is 10.1. The maximum Gasteiger partial charge on any atom is 0.387 e. The number of esters is 1. The first kappa shape index (κ1) is 22.1. The van der Waals surface area contributed by atoms with E-state index in [0.29, 0.717) is 12.0 Å². The number of carbonyl (C=O) groups is 2. The highest BCUT2D eigenvalue weighted by molar-refractivity contribution is 5.81. The second-order valence-electron chi connectivity index (χ2n) is 5.93. The predicted octanol–water partition coefficient (Wildman–Crippen LogP) is 2.88. The van der Waals surface area contributed by atoms with E-state index in [1.165, 1.54) is 43.5 Å². The molecule has 2 aromatic rings. The number of carbonyl (C=O) groups excluding carboxylic acids is 2. The van der Waals surface area contributed by atoms with E-state index in [4.69, 9.17) is 9.47 Å². The minimum absolute atomic E-state index is 0.0691. The van der Waals surface area contributed by atoms with Crippen molar-refractivity contribution >= 4 is 11.9 Å². The highest BCUT2D eigenvalue weighted by Crippen LogP contribution is 2.29. The van der Waals surface area contributed by atoms with Crippen LogP contribution in [0.5, 0.6) is 11.5 Å². The molecule has 0 bridgehead atoms. The second kappa shape index (κ2) is 10.9. The van der Waals surface area contributed by atoms with Gasteiger partial charge in [-0.3, -0.25) is 9.59 Å². The molecule has 0 heterocycles. The van der Waals surface area contributed by atoms with Crippen molar-refractivity contribution in [2.24, 2.45) is 0 Å². The van der Waals surface area contributed by atoms with Crippen LogP contribution in [0.25, 0.3) is 0 Å². The molecule has 0 aliphatic carbocycles. The summed E-state index contributed by atoms with van der Waals surface area (Å²) in [5.41, 5.74) is 1.31. The van der Waals surface area contributed by atoms with Crippen LogP contribution in [-0.2, 0) is 27.2 Å². The number of amides is 1. The summed E-state index contributed by atoms with van der Waals surface area (Å²) < 4.78 is 51.7. The topological polar surface area (TPSA) is 73.9 Å². The van der Waals surface area contributed by atoms with Crippen molar-refractivity contribution < 1.29 is 37.0 Å². The SMILES string of the molecule is COc1cc(CCNC(=O)COC(=O)Cc2ccc(F)cc2)ccc1OC(F)F. The van der Waals surface area contributed by atoms with Gasteiger partial charge in [-0.25, -0.2) is 4.39 Å². The quantitative estimate of drug-likeness (QED) is 0.609. The van der Waals surface area contributed by atoms with E-state index in [2.05, 4.69) is 10.1 Å². The molecule has 2 rings (SSSR count). The Labute approximate surface area is 165 Å². The number of halogens is 3. The second-order valence-corrected chi connectivity index (χ2v) is 5.93. The van der Waals surface area contributed by atoms with Crippen LogP contribution in [0.3, 0.4) is 0 Å². The Morgan fingerprint density at radius 2 is 1.72 bits per heavy atom. The molecule has 1 amide bonds. The van der Waals surface area contributed by atoms with Gasteiger partial charge in [0.05, 0.1) is 13.5 Å². The maximum atomic E-state index is 12.8. The van der Waals surface area contributed by atoms with Crippen molar-refractivity contribution in [1.29, 1.82) is 0 Å². The molecule has 156 valence electrons. The van der Waals surface area contributed by atoms with Gasteiger partial charge in [-0.05, 0) is 41.8 Å². The van der Waals surface area contributed by atoms with E-state index in [-0.39, 0.29) is 24.5 Å². The zero-order chi connectivity index (χ0) is 21.2. The minimum atomic E-state index is -2.96. The van der Waals surface area contributed by atoms with E-state index in [1.807, 2.05) is 0 Å². The Morgan fingerprint density at radius 1 is 1.03 bits per heavy atom. The summed E-state index contributed by atoms with van der Waals surface area (Å²) in [5, 5.41) is 2.58. The Kier molecular flexibility index (Phi) is 8.32. The molecule has 0 saturated heterocycles. The number of benzene rings is 2. The molecule has 6 nitrogen and oxygen atoms in total. The Morgan fingerprint density at radius 3 is 2.38 bits per heavy atom. The van der Waals surface area contributed by atoms with Crippen LogP contribution in [-0.4, -0.2) is 38.7 Å². The summed E-state index contributed by atoms with van der Waals surface area (Å²) in [4.78, 5) is 23.5. The van der Waals surface area contributed by atoms with Crippen LogP contribution >= 0.6 is 0 Å². The normalized spacial score (nSPS) is 10.5. The molecule has 0 fully saturated rings. The van der Waals surface area contributed by atoms with Crippen LogP contribution in [0.2, 0.25) is 0 Å². The highest BCUT2D eigenvalue weighted by Gasteiger charge is 2.12. The largest absolute Gasteiger partial charge is 0.493 e. The lowest BCUT2D eigenvalue weighted by Gasteiger charge is -2.12. The van der Waals surface area contributed by atoms with Crippen LogP contribution in [0, 0.1) is 5.82 Å². The highest BCUT2D eigenvalue weighted by atomic mass is 19.3. The fourth-order valence-electron chi connectivity index (χ4n) is 2.42. The zero-order valence-electron chi connectivity index (χ0n) is 15.6. The third-order valence-corrected chi connectivity index (χ3v) is 3.81. The van der Waals surface area contributed by atoms with Crippen molar-refractivity contribution in [3.05, 3.63) is 59.4 Å². The van der Waals surface area contributed by atoms with Crippen LogP contribution in [0.1, 0.15) is 11.1 Å². The summed E-state index contributed by atoms with van der Waals surface area (Å²) in [5.74, 6) is -1.42. The molecule has 0 aliphatic rings. The number of rotatable bonds is 10. The first-order chi connectivity index (χ1) is 13.9. The van der Waals surface area contributed by atoms with Gasteiger partial charge in [-0.1, -0.05) is 18.2 Å². The standard InChI is InChI=1S/C20H20F3NO5/c1-27-17-10-14(4-7-16(17)29-20(22)23)8-9-24-18(25)12-28-19(26)11-13-2-5-15(21)6-3-13/h2-7,10,20H,8-9,11-12H2,1H3,(H,24,25). The number of methoxy groups -OCH3 is 1. The molecule has 0 saturated carbocycles. The van der Waals surface area contributed by atoms with Crippen molar-refractivity contribution in [2.75, 3.05) is 20.3 Å². The maximum absolute atomic E-state index is 12.8. The van der Waals surface area contributed by atoms with Gasteiger partial charge in [-0.2, -0.15) is 8.78 Å². The summed E-state index contributed by atoms with van der Waals surface area (Å²) in [6, 6.07) is 9.86. The van der Waals surface area contributed by atoms with Crippen molar-refractivity contribution in [3.63, 3.8) is 0 Å². The molecule has 29 heavy (non-hydrogen) atoms. The minimum Gasteiger partial charge on any atom is -0.493 e. The van der Waals surface area contributed by atoms with E-state index in [0.717, 1.165) is 5.56 Å². The van der Waals surface area contributed by atoms with Crippen LogP contribution in [0.15, 0.2) is 42.5 Å². The van der Waals surface area contributed by atoms with Gasteiger partial charge in [0.25, 0.3) is 5.91 Å². The monoisotopic (exact) mass is 411 g/mol. The fraction of sp³-hybridized carbons (Fsp3) is 0.300. The van der Waals surface area contributed by atoms with Crippen molar-refractivity contribution in [2.45, 2.75) is 19.5 Å². The Bertz CT molecular complexity index is 827. The number of hydrogen-bond acceptors (Lipinski definition) is 5. The van der Waals surface area contributed by atoms with Gasteiger partial charge in [0.1, 0.15) is 5.82 Å². The first-order valence-corrected chi connectivity index (χ1v) is 8.66. The molecule has 0 aromatic heterocycles. The van der Waals surface area contributed by atoms with Gasteiger partial charge in [-0.15, -0.1) is 0 Å². The van der Waals surface area contributed by atoms with E-state index >= 15 is 0 Å². The number of ether oxygens (including phenoxy) is 3. The predicted molar refractivity (Wildman–Crippen MR) is 97.4 cm³/mol. The smallest absolute Gasteiger partial charge is 0.387 e. The molecule has 0 aliphatic heterocycles. The molecule has 9 heteroatoms. The van der Waals surface area contributed by atoms with Crippen LogP contribution < -0.4 is 14.8 Å². The molecule has 0 radical (unpaired) electrons. The average molecular weight is 411 g/mol. The van der Waals surface area contributed by atoms with Gasteiger partial charge in [0.2, 0.25) is 0 Å². The molecule has 0 spiro atoms. The summed E-state index contributed by atoms with van der Waals surface area (Å²) in [6.07, 6.45) is 0.334. The van der Waals surface area contributed by atoms with E-state index < -0.39 is 30.9 Å². The summed E-state index contributed by atoms with van der Waals surface area (Å²) in [7, 11) is 1.33. The molecular weight excluding hydrogens is 391 g/mol. The van der Waals surface area contributed by atoms with Gasteiger partial charge >= 0.3 is 12.6 Å². The first-order valence-electron chi connectivity index (χ1n) is 8.66. The lowest BCUT2D eigenvalue weighted by molar-refractivity contribution is -0.147. The number of nitrogens with one attached hydrogen (secondary N) is 1. The molecule has 0 atom stereocenters. The lowest BCUT2D eigenvalue weighted by Crippen LogP contribution is -2.30. The molecular formula is C20H20F3NO5. The molecule has 1 N–H and O–H groups in total. The van der Waals surface area contributed by atoms with Crippen molar-refractivity contribution in [3.8, 4) is 11.5 Å². The van der Waals surface area contributed by atoms with Crippen LogP contribution in [0.4, 0.5) is 13.2 Å². The third-order valence-electron chi connectivity index (χ3n) is 3.81. The molecule has 2 aromatic carbocycles. The number of hydrogen-bond donors (Lipinski definition) is 1. The Hall–Kier alpha value is -3.23. The third kappa shape index (κ3) is 7.73. The summed E-state index contributed by atoms with van der Waals surface area (Å²) >= 11 is 0. The van der Waals surface area contributed by atoms with Crippen molar-refractivity contribution in [1.82, 2.24) is 5.32 Å². The summed E-state index contributed by atoms with van der Waals surface area (Å²) in [6.45, 7) is -3.16. The average Bonchev–Trinajstić information content (AvgIpc) is 2.69.